The first kappa shape index (κ1) is 63.3. The summed E-state index contributed by atoms with van der Waals surface area (Å²) in [6.45, 7) is 3.67. The summed E-state index contributed by atoms with van der Waals surface area (Å²) in [7, 11) is 0. The maximum Gasteiger partial charge on any atom is 0.244 e. The zero-order valence-electron chi connectivity index (χ0n) is 46.9. The number of thiol groups is 2. The summed E-state index contributed by atoms with van der Waals surface area (Å²) in [5.74, 6) is -6.76. The molecule has 14 N–H and O–H groups in total. The van der Waals surface area contributed by atoms with Crippen molar-refractivity contribution in [1.29, 1.82) is 0 Å². The first-order chi connectivity index (χ1) is 40.4. The van der Waals surface area contributed by atoms with Crippen molar-refractivity contribution in [3.63, 3.8) is 0 Å². The molecule has 0 unspecified atom stereocenters. The summed E-state index contributed by atoms with van der Waals surface area (Å²) in [6, 6.07) is 27.8. The first-order valence-electron chi connectivity index (χ1n) is 27.9. The largest absolute Gasteiger partial charge is 0.368 e. The van der Waals surface area contributed by atoms with Gasteiger partial charge in [0.25, 0.3) is 0 Å². The number of fused-ring (bicyclic) bond motifs is 3. The number of hydrogen-bond acceptors (Lipinski definition) is 13. The van der Waals surface area contributed by atoms with Gasteiger partial charge in [0.05, 0.1) is 6.04 Å². The van der Waals surface area contributed by atoms with Crippen LogP contribution in [0.15, 0.2) is 140 Å². The highest BCUT2D eigenvalue weighted by atomic mass is 32.1. The molecule has 0 radical (unpaired) electrons. The van der Waals surface area contributed by atoms with Crippen LogP contribution < -0.4 is 54.4 Å². The van der Waals surface area contributed by atoms with Crippen molar-refractivity contribution in [2.75, 3.05) is 18.1 Å². The predicted octanol–water partition coefficient (Wildman–Crippen LogP) is 2.99. The lowest BCUT2D eigenvalue weighted by Crippen LogP contribution is -2.61. The zero-order chi connectivity index (χ0) is 60.3. The number of nitrogens with two attached hydrogens (primary N) is 3. The van der Waals surface area contributed by atoms with E-state index in [2.05, 4.69) is 72.4 Å². The van der Waals surface area contributed by atoms with Crippen molar-refractivity contribution >= 4 is 105 Å². The molecule has 2 heterocycles. The number of hydrogen-bond donors (Lipinski definition) is 13. The fraction of sp³-hybridized carbons (Fsp3) is 0.339. The first-order valence-corrected chi connectivity index (χ1v) is 29.2. The van der Waals surface area contributed by atoms with Gasteiger partial charge in [0, 0.05) is 60.3 Å². The number of benzene rings is 5. The molecule has 20 nitrogen and oxygen atoms in total. The van der Waals surface area contributed by atoms with Crippen LogP contribution in [0.3, 0.4) is 0 Å². The van der Waals surface area contributed by atoms with Crippen LogP contribution in [0.4, 0.5) is 0 Å². The fourth-order valence-electron chi connectivity index (χ4n) is 9.80. The number of amides is 8. The van der Waals surface area contributed by atoms with Gasteiger partial charge < -0.3 is 59.4 Å². The standard InChI is InChI=1S/C62H74N12O8S2/c1-36(2)54(62(82)73-53(35-84)60(80)69-49(55(65)75)29-38-21-23-41-14-4-6-16-43(41)27-38)74-57(77)48(19-9-10-24-63)68-59(79)51(31-44-33-67-47-18-8-7-17-45(44)47)71-58(78)50(30-39-12-11-25-66-32-39)70-61(81)52(34-83)72-56(76)46(64)28-37-20-22-40-13-3-5-15-42(40)26-37/h3-8,11-18,20-23,25-27,32-33,36,46,48-54,67,83-84H,9-10,19,24,28-31,34-35,63-64H2,1-2H3,(H2,65,75)(H,68,79)(H,69,80)(H,70,81)(H,71,78)(H,72,76)(H,73,82)(H,74,77)/t46-,48-,49-,50-,51+,52+,53-,54-/m0/s1. The maximum atomic E-state index is 14.9. The van der Waals surface area contributed by atoms with Crippen molar-refractivity contribution in [1.82, 2.24) is 47.2 Å². The summed E-state index contributed by atoms with van der Waals surface area (Å²) in [5.41, 5.74) is 21.6. The Morgan fingerprint density at radius 3 is 1.58 bits per heavy atom. The van der Waals surface area contributed by atoms with E-state index in [0.29, 0.717) is 24.0 Å². The van der Waals surface area contributed by atoms with Gasteiger partial charge in [-0.15, -0.1) is 0 Å². The zero-order valence-corrected chi connectivity index (χ0v) is 48.7. The molecule has 0 saturated heterocycles. The molecule has 0 saturated carbocycles. The number of aromatic nitrogens is 2. The molecule has 0 spiro atoms. The Hall–Kier alpha value is -8.31. The molecule has 8 amide bonds. The number of carbonyl (C=O) groups is 8. The molecule has 0 bridgehead atoms. The van der Waals surface area contributed by atoms with Gasteiger partial charge in [-0.25, -0.2) is 0 Å². The summed E-state index contributed by atoms with van der Waals surface area (Å²) >= 11 is 8.72. The molecule has 0 fully saturated rings. The minimum absolute atomic E-state index is 0.0742. The summed E-state index contributed by atoms with van der Waals surface area (Å²) < 4.78 is 0. The number of unbranched alkanes of at least 4 members (excludes halogenated alkanes) is 1. The van der Waals surface area contributed by atoms with E-state index in [4.69, 9.17) is 17.2 Å². The minimum atomic E-state index is -1.37. The van der Waals surface area contributed by atoms with E-state index >= 15 is 0 Å². The van der Waals surface area contributed by atoms with Crippen molar-refractivity contribution < 1.29 is 38.4 Å². The van der Waals surface area contributed by atoms with E-state index in [9.17, 15) is 38.4 Å². The van der Waals surface area contributed by atoms with Crippen LogP contribution in [0, 0.1) is 5.92 Å². The smallest absolute Gasteiger partial charge is 0.244 e. The van der Waals surface area contributed by atoms with Gasteiger partial charge in [-0.2, -0.15) is 25.3 Å². The number of nitrogens with zero attached hydrogens (tertiary/aromatic N) is 1. The van der Waals surface area contributed by atoms with Gasteiger partial charge >= 0.3 is 0 Å². The molecule has 84 heavy (non-hydrogen) atoms. The average Bonchev–Trinajstić information content (AvgIpc) is 4.06. The van der Waals surface area contributed by atoms with Crippen molar-refractivity contribution in [3.05, 3.63) is 162 Å². The number of H-pyrrole nitrogens is 1. The Kier molecular flexibility index (Phi) is 23.2. The Bertz CT molecular complexity index is 3440. The lowest BCUT2D eigenvalue weighted by atomic mass is 10.00. The Morgan fingerprint density at radius 2 is 1.01 bits per heavy atom. The van der Waals surface area contributed by atoms with Gasteiger partial charge in [0.1, 0.15) is 42.3 Å². The second kappa shape index (κ2) is 30.8. The molecule has 2 aromatic heterocycles. The van der Waals surface area contributed by atoms with Crippen LogP contribution in [-0.4, -0.2) is 124 Å². The topological polar surface area (TPSA) is 328 Å². The number of nitrogens with one attached hydrogen (secondary N) is 8. The SMILES string of the molecule is CC(C)[C@H](NC(=O)[C@H](CCCCN)NC(=O)[C@@H](Cc1c[nH]c2ccccc12)NC(=O)[C@H](Cc1cccnc1)NC(=O)[C@@H](CS)NC(=O)[C@@H](N)Cc1ccc2ccccc2c1)C(=O)N[C@@H](CS)C(=O)N[C@@H](Cc1ccc2ccccc2c1)C(N)=O. The highest BCUT2D eigenvalue weighted by Gasteiger charge is 2.35. The van der Waals surface area contributed by atoms with Crippen LogP contribution in [0.1, 0.15) is 55.4 Å². The molecule has 442 valence electrons. The van der Waals surface area contributed by atoms with E-state index in [0.717, 1.165) is 43.6 Å². The predicted molar refractivity (Wildman–Crippen MR) is 331 cm³/mol. The monoisotopic (exact) mass is 1180 g/mol. The third-order valence-electron chi connectivity index (χ3n) is 14.5. The van der Waals surface area contributed by atoms with Crippen LogP contribution in [0.5, 0.6) is 0 Å². The van der Waals surface area contributed by atoms with E-state index < -0.39 is 102 Å². The number of primary amides is 1. The van der Waals surface area contributed by atoms with Gasteiger partial charge in [-0.05, 0) is 94.1 Å². The van der Waals surface area contributed by atoms with Crippen molar-refractivity contribution in [2.24, 2.45) is 23.1 Å². The Morgan fingerprint density at radius 1 is 0.512 bits per heavy atom. The Labute approximate surface area is 498 Å². The molecular formula is C62H74N12O8S2. The highest BCUT2D eigenvalue weighted by molar-refractivity contribution is 7.80. The Balaban J connectivity index is 1.07. The molecule has 22 heteroatoms. The molecule has 8 atom stereocenters. The molecule has 0 aliphatic heterocycles. The molecular weight excluding hydrogens is 1100 g/mol. The summed E-state index contributed by atoms with van der Waals surface area (Å²) in [6.07, 6.45) is 5.82. The molecule has 5 aromatic carbocycles. The van der Waals surface area contributed by atoms with Gasteiger partial charge in [-0.1, -0.05) is 123 Å². The average molecular weight is 1180 g/mol. The second-order valence-electron chi connectivity index (χ2n) is 21.2. The number of pyridine rings is 1. The normalized spacial score (nSPS) is 14.2. The summed E-state index contributed by atoms with van der Waals surface area (Å²) in [4.78, 5) is 120. The quantitative estimate of drug-likeness (QED) is 0.0229. The molecule has 7 rings (SSSR count). The molecule has 7 aromatic rings. The number of carbonyl (C=O) groups excluding carboxylic acids is 8. The third kappa shape index (κ3) is 17.6. The number of para-hydroxylation sites is 1. The van der Waals surface area contributed by atoms with Crippen LogP contribution in [0.25, 0.3) is 32.4 Å². The van der Waals surface area contributed by atoms with Gasteiger partial charge in [0.15, 0.2) is 0 Å². The van der Waals surface area contributed by atoms with Crippen LogP contribution in [0.2, 0.25) is 0 Å². The van der Waals surface area contributed by atoms with Gasteiger partial charge in [0.2, 0.25) is 47.3 Å². The number of aromatic amines is 1. The lowest BCUT2D eigenvalue weighted by Gasteiger charge is -2.29. The third-order valence-corrected chi connectivity index (χ3v) is 15.2. The van der Waals surface area contributed by atoms with Crippen LogP contribution in [-0.2, 0) is 64.0 Å². The van der Waals surface area contributed by atoms with E-state index in [1.807, 2.05) is 109 Å². The van der Waals surface area contributed by atoms with Crippen molar-refractivity contribution in [3.8, 4) is 0 Å². The minimum Gasteiger partial charge on any atom is -0.368 e. The van der Waals surface area contributed by atoms with Crippen molar-refractivity contribution in [2.45, 2.75) is 107 Å². The second-order valence-corrected chi connectivity index (χ2v) is 21.9. The van der Waals surface area contributed by atoms with E-state index in [-0.39, 0.29) is 50.2 Å². The van der Waals surface area contributed by atoms with E-state index in [1.54, 1.807) is 38.4 Å². The highest BCUT2D eigenvalue weighted by Crippen LogP contribution is 2.21. The van der Waals surface area contributed by atoms with E-state index in [1.165, 1.54) is 6.20 Å². The van der Waals surface area contributed by atoms with Crippen LogP contribution >= 0.6 is 25.3 Å². The molecule has 0 aliphatic rings. The summed E-state index contributed by atoms with van der Waals surface area (Å²) in [5, 5.41) is 23.9. The number of rotatable bonds is 30. The lowest BCUT2D eigenvalue weighted by molar-refractivity contribution is -0.136. The van der Waals surface area contributed by atoms with Gasteiger partial charge in [-0.3, -0.25) is 43.3 Å². The fourth-order valence-corrected chi connectivity index (χ4v) is 10.3. The molecule has 0 aliphatic carbocycles. The maximum absolute atomic E-state index is 14.9.